The van der Waals surface area contributed by atoms with Crippen LogP contribution in [0.1, 0.15) is 34.1 Å². The second-order valence-corrected chi connectivity index (χ2v) is 5.23. The fourth-order valence-electron chi connectivity index (χ4n) is 2.18. The summed E-state index contributed by atoms with van der Waals surface area (Å²) in [5, 5.41) is 3.28. The molecule has 1 heterocycles. The van der Waals surface area contributed by atoms with Crippen LogP contribution in [0.5, 0.6) is 0 Å². The molecule has 3 nitrogen and oxygen atoms in total. The van der Waals surface area contributed by atoms with Gasteiger partial charge in [-0.3, -0.25) is 4.79 Å². The van der Waals surface area contributed by atoms with E-state index in [0.717, 1.165) is 32.6 Å². The molecule has 1 rings (SSSR count). The number of rotatable bonds is 4. The lowest BCUT2D eigenvalue weighted by Gasteiger charge is -2.31. The van der Waals surface area contributed by atoms with Gasteiger partial charge < -0.3 is 10.2 Å². The van der Waals surface area contributed by atoms with E-state index in [2.05, 4.69) is 33.0 Å². The molecule has 1 saturated heterocycles. The summed E-state index contributed by atoms with van der Waals surface area (Å²) in [7, 11) is 0. The maximum absolute atomic E-state index is 12.3. The number of amides is 1. The van der Waals surface area contributed by atoms with Crippen LogP contribution in [0.4, 0.5) is 0 Å². The molecule has 0 saturated carbocycles. The minimum Gasteiger partial charge on any atom is -0.342 e. The van der Waals surface area contributed by atoms with Gasteiger partial charge in [-0.15, -0.1) is 12.4 Å². The molecule has 1 atom stereocenters. The topological polar surface area (TPSA) is 32.3 Å². The Bertz CT molecular complexity index is 225. The molecule has 0 spiro atoms. The minimum atomic E-state index is -0.162. The first-order valence-electron chi connectivity index (χ1n) is 5.99. The monoisotopic (exact) mass is 248 g/mol. The van der Waals surface area contributed by atoms with E-state index < -0.39 is 0 Å². The van der Waals surface area contributed by atoms with Crippen LogP contribution in [0, 0.1) is 11.3 Å². The first-order chi connectivity index (χ1) is 6.99. The molecule has 0 aromatic rings. The van der Waals surface area contributed by atoms with Crippen LogP contribution in [-0.4, -0.2) is 37.0 Å². The van der Waals surface area contributed by atoms with E-state index in [9.17, 15) is 4.79 Å². The fraction of sp³-hybridized carbons (Fsp3) is 0.917. The van der Waals surface area contributed by atoms with Crippen LogP contribution >= 0.6 is 12.4 Å². The van der Waals surface area contributed by atoms with Crippen LogP contribution < -0.4 is 5.32 Å². The van der Waals surface area contributed by atoms with E-state index in [4.69, 9.17) is 0 Å². The Balaban J connectivity index is 0.00000225. The molecule has 0 aromatic carbocycles. The Kier molecular flexibility index (Phi) is 6.34. The highest BCUT2D eigenvalue weighted by Gasteiger charge is 2.38. The molecule has 0 radical (unpaired) electrons. The molecular weight excluding hydrogens is 224 g/mol. The summed E-state index contributed by atoms with van der Waals surface area (Å²) in [6.45, 7) is 12.0. The summed E-state index contributed by atoms with van der Waals surface area (Å²) in [6.07, 6.45) is 0.973. The van der Waals surface area contributed by atoms with Crippen molar-refractivity contribution in [3.8, 4) is 0 Å². The average Bonchev–Trinajstić information content (AvgIpc) is 2.61. The lowest BCUT2D eigenvalue weighted by Crippen LogP contribution is -2.45. The zero-order chi connectivity index (χ0) is 11.5. The van der Waals surface area contributed by atoms with E-state index in [1.165, 1.54) is 0 Å². The lowest BCUT2D eigenvalue weighted by molar-refractivity contribution is -0.140. The molecule has 0 aliphatic carbocycles. The Hall–Kier alpha value is -0.280. The zero-order valence-electron chi connectivity index (χ0n) is 10.9. The molecule has 1 N–H and O–H groups in total. The molecule has 96 valence electrons. The number of nitrogens with one attached hydrogen (secondary N) is 1. The molecule has 1 amide bonds. The molecule has 0 bridgehead atoms. The third-order valence-corrected chi connectivity index (χ3v) is 3.14. The van der Waals surface area contributed by atoms with Crippen molar-refractivity contribution in [2.75, 3.05) is 26.2 Å². The zero-order valence-corrected chi connectivity index (χ0v) is 11.7. The van der Waals surface area contributed by atoms with Crippen molar-refractivity contribution in [2.45, 2.75) is 34.1 Å². The van der Waals surface area contributed by atoms with Crippen molar-refractivity contribution < 1.29 is 4.79 Å². The van der Waals surface area contributed by atoms with E-state index in [1.54, 1.807) is 0 Å². The van der Waals surface area contributed by atoms with Gasteiger partial charge in [0, 0.05) is 19.6 Å². The molecule has 1 aliphatic rings. The third-order valence-electron chi connectivity index (χ3n) is 3.14. The van der Waals surface area contributed by atoms with Gasteiger partial charge in [-0.25, -0.2) is 0 Å². The molecule has 16 heavy (non-hydrogen) atoms. The van der Waals surface area contributed by atoms with Crippen LogP contribution in [0.3, 0.4) is 0 Å². The van der Waals surface area contributed by atoms with Gasteiger partial charge in [-0.2, -0.15) is 0 Å². The number of nitrogens with zero attached hydrogens (tertiary/aromatic N) is 1. The molecule has 0 aromatic heterocycles. The predicted octanol–water partition coefficient (Wildman–Crippen LogP) is 1.91. The SMILES string of the molecule is CCN(CC(C)C)C(=O)C1(C)CCNC1.Cl. The smallest absolute Gasteiger partial charge is 0.229 e. The predicted molar refractivity (Wildman–Crippen MR) is 69.9 cm³/mol. The first-order valence-corrected chi connectivity index (χ1v) is 5.99. The molecular formula is C12H25ClN2O. The first kappa shape index (κ1) is 15.7. The maximum Gasteiger partial charge on any atom is 0.229 e. The standard InChI is InChI=1S/C12H24N2O.ClH/c1-5-14(8-10(2)3)11(15)12(4)6-7-13-9-12;/h10,13H,5-9H2,1-4H3;1H. The van der Waals surface area contributed by atoms with Gasteiger partial charge in [-0.1, -0.05) is 13.8 Å². The normalized spacial score (nSPS) is 24.3. The van der Waals surface area contributed by atoms with E-state index in [0.29, 0.717) is 11.8 Å². The van der Waals surface area contributed by atoms with Gasteiger partial charge in [0.15, 0.2) is 0 Å². The molecule has 4 heteroatoms. The van der Waals surface area contributed by atoms with Crippen molar-refractivity contribution in [2.24, 2.45) is 11.3 Å². The van der Waals surface area contributed by atoms with Crippen molar-refractivity contribution >= 4 is 18.3 Å². The Labute approximate surface area is 105 Å². The quantitative estimate of drug-likeness (QED) is 0.825. The summed E-state index contributed by atoms with van der Waals surface area (Å²) in [4.78, 5) is 14.3. The van der Waals surface area contributed by atoms with Crippen molar-refractivity contribution in [3.05, 3.63) is 0 Å². The summed E-state index contributed by atoms with van der Waals surface area (Å²) in [6, 6.07) is 0. The Morgan fingerprint density at radius 3 is 2.50 bits per heavy atom. The third kappa shape index (κ3) is 3.63. The summed E-state index contributed by atoms with van der Waals surface area (Å²) in [5.41, 5.74) is -0.162. The number of hydrogen-bond acceptors (Lipinski definition) is 2. The molecule has 1 aliphatic heterocycles. The van der Waals surface area contributed by atoms with Crippen LogP contribution in [-0.2, 0) is 4.79 Å². The summed E-state index contributed by atoms with van der Waals surface area (Å²) >= 11 is 0. The second-order valence-electron chi connectivity index (χ2n) is 5.23. The number of halogens is 1. The van der Waals surface area contributed by atoms with Gasteiger partial charge in [0.25, 0.3) is 0 Å². The number of carbonyl (C=O) groups is 1. The van der Waals surface area contributed by atoms with Crippen LogP contribution in [0.25, 0.3) is 0 Å². The highest BCUT2D eigenvalue weighted by Crippen LogP contribution is 2.27. The van der Waals surface area contributed by atoms with Gasteiger partial charge in [-0.05, 0) is 32.7 Å². The molecule has 1 unspecified atom stereocenters. The highest BCUT2D eigenvalue weighted by molar-refractivity contribution is 5.85. The van der Waals surface area contributed by atoms with Crippen LogP contribution in [0.2, 0.25) is 0 Å². The van der Waals surface area contributed by atoms with Crippen molar-refractivity contribution in [1.82, 2.24) is 10.2 Å². The average molecular weight is 249 g/mol. The highest BCUT2D eigenvalue weighted by atomic mass is 35.5. The number of carbonyl (C=O) groups excluding carboxylic acids is 1. The second kappa shape index (κ2) is 6.45. The largest absolute Gasteiger partial charge is 0.342 e. The Morgan fingerprint density at radius 2 is 2.12 bits per heavy atom. The summed E-state index contributed by atoms with van der Waals surface area (Å²) in [5.74, 6) is 0.871. The van der Waals surface area contributed by atoms with Gasteiger partial charge in [0.2, 0.25) is 5.91 Å². The van der Waals surface area contributed by atoms with Gasteiger partial charge in [0.05, 0.1) is 5.41 Å². The maximum atomic E-state index is 12.3. The van der Waals surface area contributed by atoms with Crippen LogP contribution in [0.15, 0.2) is 0 Å². The van der Waals surface area contributed by atoms with Gasteiger partial charge >= 0.3 is 0 Å². The van der Waals surface area contributed by atoms with Crippen molar-refractivity contribution in [1.29, 1.82) is 0 Å². The summed E-state index contributed by atoms with van der Waals surface area (Å²) < 4.78 is 0. The van der Waals surface area contributed by atoms with Crippen molar-refractivity contribution in [3.63, 3.8) is 0 Å². The fourth-order valence-corrected chi connectivity index (χ4v) is 2.18. The molecule has 1 fully saturated rings. The van der Waals surface area contributed by atoms with E-state index in [1.807, 2.05) is 4.90 Å². The number of hydrogen-bond donors (Lipinski definition) is 1. The van der Waals surface area contributed by atoms with E-state index >= 15 is 0 Å². The van der Waals surface area contributed by atoms with E-state index in [-0.39, 0.29) is 17.8 Å². The lowest BCUT2D eigenvalue weighted by atomic mass is 9.88. The minimum absolute atomic E-state index is 0. The van der Waals surface area contributed by atoms with Gasteiger partial charge in [0.1, 0.15) is 0 Å². The Morgan fingerprint density at radius 1 is 1.50 bits per heavy atom.